The molecule has 3 rings (SSSR count). The Morgan fingerprint density at radius 2 is 1.71 bits per heavy atom. The highest BCUT2D eigenvalue weighted by molar-refractivity contribution is 6.36. The minimum Gasteiger partial charge on any atom is -0.494 e. The first-order valence-electron chi connectivity index (χ1n) is 10.0. The van der Waals surface area contributed by atoms with Gasteiger partial charge in [-0.1, -0.05) is 19.1 Å². The van der Waals surface area contributed by atoms with Crippen LogP contribution >= 0.6 is 0 Å². The molecular formula is C23H24F2N2O4. The van der Waals surface area contributed by atoms with Crippen LogP contribution in [0.5, 0.6) is 5.75 Å². The summed E-state index contributed by atoms with van der Waals surface area (Å²) in [7, 11) is 1.54. The van der Waals surface area contributed by atoms with Gasteiger partial charge in [0.2, 0.25) is 0 Å². The first-order valence-corrected chi connectivity index (χ1v) is 10.0. The Hall–Kier alpha value is -3.26. The van der Waals surface area contributed by atoms with Gasteiger partial charge in [-0.3, -0.25) is 14.5 Å². The van der Waals surface area contributed by atoms with Gasteiger partial charge in [0, 0.05) is 32.0 Å². The molecule has 1 heterocycles. The van der Waals surface area contributed by atoms with E-state index in [4.69, 9.17) is 9.47 Å². The van der Waals surface area contributed by atoms with E-state index in [-0.39, 0.29) is 23.5 Å². The maximum Gasteiger partial charge on any atom is 0.278 e. The lowest BCUT2D eigenvalue weighted by Gasteiger charge is -2.15. The second-order valence-corrected chi connectivity index (χ2v) is 6.99. The second kappa shape index (κ2) is 10.2. The summed E-state index contributed by atoms with van der Waals surface area (Å²) < 4.78 is 37.5. The zero-order chi connectivity index (χ0) is 22.4. The molecule has 1 aliphatic heterocycles. The van der Waals surface area contributed by atoms with Gasteiger partial charge in [0.1, 0.15) is 11.4 Å². The number of ether oxygens (including phenoxy) is 2. The number of amides is 2. The standard InChI is InChI=1S/C23H24F2N2O4/c1-3-12-31-17-8-5-15(6-9-17)20-21(26-16-7-10-18(24)19(25)14-16)23(29)27(22(20)28)11-4-13-30-2/h5-10,14,26H,3-4,11-13H2,1-2H3. The van der Waals surface area contributed by atoms with Crippen molar-refractivity contribution in [3.63, 3.8) is 0 Å². The number of rotatable bonds is 10. The molecule has 0 aliphatic carbocycles. The highest BCUT2D eigenvalue weighted by atomic mass is 19.2. The van der Waals surface area contributed by atoms with E-state index in [2.05, 4.69) is 5.32 Å². The number of methoxy groups -OCH3 is 1. The van der Waals surface area contributed by atoms with Crippen molar-refractivity contribution in [2.24, 2.45) is 0 Å². The molecule has 0 spiro atoms. The maximum atomic E-state index is 13.7. The van der Waals surface area contributed by atoms with Crippen molar-refractivity contribution in [2.45, 2.75) is 19.8 Å². The number of hydrogen-bond donors (Lipinski definition) is 1. The minimum absolute atomic E-state index is 0.00986. The van der Waals surface area contributed by atoms with Crippen LogP contribution in [0, 0.1) is 11.6 Å². The molecule has 0 saturated heterocycles. The first-order chi connectivity index (χ1) is 15.0. The number of benzene rings is 2. The monoisotopic (exact) mass is 430 g/mol. The number of carbonyl (C=O) groups excluding carboxylic acids is 2. The molecule has 0 atom stereocenters. The summed E-state index contributed by atoms with van der Waals surface area (Å²) in [5.41, 5.74) is 0.848. The Morgan fingerprint density at radius 3 is 2.35 bits per heavy atom. The van der Waals surface area contributed by atoms with Crippen molar-refractivity contribution in [1.82, 2.24) is 4.90 Å². The van der Waals surface area contributed by atoms with E-state index in [9.17, 15) is 18.4 Å². The number of halogens is 2. The molecule has 2 aromatic carbocycles. The van der Waals surface area contributed by atoms with Crippen molar-refractivity contribution < 1.29 is 27.8 Å². The van der Waals surface area contributed by atoms with Crippen LogP contribution in [0.3, 0.4) is 0 Å². The molecule has 31 heavy (non-hydrogen) atoms. The lowest BCUT2D eigenvalue weighted by molar-refractivity contribution is -0.137. The minimum atomic E-state index is -1.06. The van der Waals surface area contributed by atoms with Gasteiger partial charge in [-0.15, -0.1) is 0 Å². The van der Waals surface area contributed by atoms with Crippen LogP contribution in [0.15, 0.2) is 48.2 Å². The first kappa shape index (κ1) is 22.4. The van der Waals surface area contributed by atoms with Gasteiger partial charge in [-0.05, 0) is 42.7 Å². The molecule has 0 bridgehead atoms. The number of hydrogen-bond acceptors (Lipinski definition) is 5. The fraction of sp³-hybridized carbons (Fsp3) is 0.304. The SMILES string of the molecule is CCCOc1ccc(C2=C(Nc3ccc(F)c(F)c3)C(=O)N(CCCOC)C2=O)cc1. The summed E-state index contributed by atoms with van der Waals surface area (Å²) in [6.07, 6.45) is 1.34. The largest absolute Gasteiger partial charge is 0.494 e. The van der Waals surface area contributed by atoms with Crippen LogP contribution in [0.2, 0.25) is 0 Å². The number of imide groups is 1. The zero-order valence-corrected chi connectivity index (χ0v) is 17.4. The highest BCUT2D eigenvalue weighted by Gasteiger charge is 2.38. The summed E-state index contributed by atoms with van der Waals surface area (Å²) in [6.45, 7) is 3.13. The molecule has 0 radical (unpaired) electrons. The van der Waals surface area contributed by atoms with Gasteiger partial charge < -0.3 is 14.8 Å². The fourth-order valence-electron chi connectivity index (χ4n) is 3.19. The lowest BCUT2D eigenvalue weighted by Crippen LogP contribution is -2.33. The van der Waals surface area contributed by atoms with Gasteiger partial charge in [-0.2, -0.15) is 0 Å². The summed E-state index contributed by atoms with van der Waals surface area (Å²) in [6, 6.07) is 10.0. The molecule has 6 nitrogen and oxygen atoms in total. The van der Waals surface area contributed by atoms with Crippen LogP contribution in [0.1, 0.15) is 25.3 Å². The smallest absolute Gasteiger partial charge is 0.278 e. The van der Waals surface area contributed by atoms with Gasteiger partial charge in [0.15, 0.2) is 11.6 Å². The third-order valence-electron chi connectivity index (χ3n) is 4.70. The Labute approximate surface area is 179 Å². The normalized spacial score (nSPS) is 13.9. The molecule has 0 aromatic heterocycles. The van der Waals surface area contributed by atoms with Crippen molar-refractivity contribution in [3.05, 3.63) is 65.4 Å². The lowest BCUT2D eigenvalue weighted by atomic mass is 10.0. The number of nitrogens with zero attached hydrogens (tertiary/aromatic N) is 1. The number of nitrogens with one attached hydrogen (secondary N) is 1. The van der Waals surface area contributed by atoms with E-state index < -0.39 is 23.4 Å². The van der Waals surface area contributed by atoms with Gasteiger partial charge in [0.25, 0.3) is 11.8 Å². The van der Waals surface area contributed by atoms with Crippen LogP contribution in [-0.2, 0) is 14.3 Å². The van der Waals surface area contributed by atoms with E-state index in [1.165, 1.54) is 13.2 Å². The molecule has 164 valence electrons. The molecule has 2 amide bonds. The van der Waals surface area contributed by atoms with Gasteiger partial charge >= 0.3 is 0 Å². The Bertz CT molecular complexity index is 990. The van der Waals surface area contributed by atoms with E-state index >= 15 is 0 Å². The summed E-state index contributed by atoms with van der Waals surface area (Å²) in [4.78, 5) is 27.2. The molecule has 0 unspecified atom stereocenters. The zero-order valence-electron chi connectivity index (χ0n) is 17.4. The van der Waals surface area contributed by atoms with E-state index in [1.807, 2.05) is 6.92 Å². The average Bonchev–Trinajstić information content (AvgIpc) is 2.99. The van der Waals surface area contributed by atoms with Crippen molar-refractivity contribution >= 4 is 23.1 Å². The molecule has 0 saturated carbocycles. The Balaban J connectivity index is 1.95. The summed E-state index contributed by atoms with van der Waals surface area (Å²) in [5.74, 6) is -2.41. The quantitative estimate of drug-likeness (QED) is 0.456. The third-order valence-corrected chi connectivity index (χ3v) is 4.70. The summed E-state index contributed by atoms with van der Waals surface area (Å²) >= 11 is 0. The topological polar surface area (TPSA) is 67.9 Å². The Morgan fingerprint density at radius 1 is 0.968 bits per heavy atom. The van der Waals surface area contributed by atoms with E-state index in [0.717, 1.165) is 23.5 Å². The number of anilines is 1. The van der Waals surface area contributed by atoms with Gasteiger partial charge in [0.05, 0.1) is 12.2 Å². The van der Waals surface area contributed by atoms with Crippen LogP contribution in [0.25, 0.3) is 5.57 Å². The molecular weight excluding hydrogens is 406 g/mol. The molecule has 0 fully saturated rings. The average molecular weight is 430 g/mol. The fourth-order valence-corrected chi connectivity index (χ4v) is 3.19. The second-order valence-electron chi connectivity index (χ2n) is 6.99. The Kier molecular flexibility index (Phi) is 7.36. The maximum absolute atomic E-state index is 13.7. The van der Waals surface area contributed by atoms with Crippen LogP contribution < -0.4 is 10.1 Å². The summed E-state index contributed by atoms with van der Waals surface area (Å²) in [5, 5.41) is 2.81. The van der Waals surface area contributed by atoms with Crippen LogP contribution in [0.4, 0.5) is 14.5 Å². The van der Waals surface area contributed by atoms with Gasteiger partial charge in [-0.25, -0.2) is 8.78 Å². The number of carbonyl (C=O) groups is 2. The molecule has 2 aromatic rings. The third kappa shape index (κ3) is 5.08. The van der Waals surface area contributed by atoms with E-state index in [1.54, 1.807) is 24.3 Å². The predicted octanol–water partition coefficient (Wildman–Crippen LogP) is 3.98. The van der Waals surface area contributed by atoms with Crippen LogP contribution in [-0.4, -0.2) is 43.6 Å². The predicted molar refractivity (Wildman–Crippen MR) is 112 cm³/mol. The van der Waals surface area contributed by atoms with Crippen molar-refractivity contribution in [3.8, 4) is 5.75 Å². The van der Waals surface area contributed by atoms with Crippen molar-refractivity contribution in [2.75, 3.05) is 32.2 Å². The molecule has 1 N–H and O–H groups in total. The van der Waals surface area contributed by atoms with Crippen molar-refractivity contribution in [1.29, 1.82) is 0 Å². The molecule has 1 aliphatic rings. The highest BCUT2D eigenvalue weighted by Crippen LogP contribution is 2.31. The van der Waals surface area contributed by atoms with E-state index in [0.29, 0.717) is 30.9 Å². The molecule has 8 heteroatoms.